The van der Waals surface area contributed by atoms with E-state index in [4.69, 9.17) is 0 Å². The zero-order chi connectivity index (χ0) is 19.7. The van der Waals surface area contributed by atoms with Crippen LogP contribution in [0.4, 0.5) is 0 Å². The van der Waals surface area contributed by atoms with Gasteiger partial charge >= 0.3 is 0 Å². The molecule has 30 heavy (non-hydrogen) atoms. The molecule has 2 fully saturated rings. The summed E-state index contributed by atoms with van der Waals surface area (Å²) in [6.45, 7) is 7.25. The Morgan fingerprint density at radius 2 is 2.00 bits per heavy atom. The van der Waals surface area contributed by atoms with Crippen molar-refractivity contribution in [3.05, 3.63) is 47.4 Å². The highest BCUT2D eigenvalue weighted by molar-refractivity contribution is 5.96. The van der Waals surface area contributed by atoms with Crippen molar-refractivity contribution in [2.24, 2.45) is 0 Å². The minimum Gasteiger partial charge on any atom is -0.337 e. The SMILES string of the molecule is Cc1cc(C(=O)N2CCCC(N3CCNCC3=O)C2)c(C)n1-c1ccccn1.Cl.Cl. The number of nitrogens with zero attached hydrogens (tertiary/aromatic N) is 4. The predicted molar refractivity (Wildman–Crippen MR) is 121 cm³/mol. The molecule has 2 saturated heterocycles. The van der Waals surface area contributed by atoms with Gasteiger partial charge in [0, 0.05) is 49.8 Å². The smallest absolute Gasteiger partial charge is 0.255 e. The highest BCUT2D eigenvalue weighted by Gasteiger charge is 2.32. The fourth-order valence-corrected chi connectivity index (χ4v) is 4.39. The quantitative estimate of drug-likeness (QED) is 0.773. The van der Waals surface area contributed by atoms with Crippen molar-refractivity contribution < 1.29 is 9.59 Å². The first kappa shape index (κ1) is 24.2. The molecule has 0 saturated carbocycles. The largest absolute Gasteiger partial charge is 0.337 e. The monoisotopic (exact) mass is 453 g/mol. The van der Waals surface area contributed by atoms with Crippen molar-refractivity contribution in [2.75, 3.05) is 32.7 Å². The number of piperazine rings is 1. The van der Waals surface area contributed by atoms with Crippen LogP contribution in [0.2, 0.25) is 0 Å². The van der Waals surface area contributed by atoms with Crippen LogP contribution in [0.25, 0.3) is 5.82 Å². The normalized spacial score (nSPS) is 19.1. The molecular formula is C21H29Cl2N5O2. The molecule has 2 aromatic heterocycles. The van der Waals surface area contributed by atoms with Gasteiger partial charge in [-0.3, -0.25) is 9.59 Å². The zero-order valence-corrected chi connectivity index (χ0v) is 19.0. The third-order valence-electron chi connectivity index (χ3n) is 5.79. The van der Waals surface area contributed by atoms with Crippen LogP contribution in [0.5, 0.6) is 0 Å². The Labute approximate surface area is 189 Å². The first-order chi connectivity index (χ1) is 13.6. The molecule has 4 rings (SSSR count). The zero-order valence-electron chi connectivity index (χ0n) is 17.3. The number of carbonyl (C=O) groups is 2. The van der Waals surface area contributed by atoms with Crippen LogP contribution in [0, 0.1) is 13.8 Å². The Kier molecular flexibility index (Phi) is 8.29. The average Bonchev–Trinajstić information content (AvgIpc) is 3.02. The van der Waals surface area contributed by atoms with Crippen LogP contribution < -0.4 is 5.32 Å². The maximum atomic E-state index is 13.3. The van der Waals surface area contributed by atoms with Crippen molar-refractivity contribution in [1.29, 1.82) is 0 Å². The number of rotatable bonds is 3. The lowest BCUT2D eigenvalue weighted by molar-refractivity contribution is -0.135. The molecule has 7 nitrogen and oxygen atoms in total. The Morgan fingerprint density at radius 1 is 1.20 bits per heavy atom. The Bertz CT molecular complexity index is 887. The fourth-order valence-electron chi connectivity index (χ4n) is 4.39. The van der Waals surface area contributed by atoms with E-state index in [2.05, 4.69) is 10.3 Å². The molecule has 9 heteroatoms. The van der Waals surface area contributed by atoms with Gasteiger partial charge in [-0.1, -0.05) is 6.07 Å². The molecule has 0 bridgehead atoms. The second-order valence-corrected chi connectivity index (χ2v) is 7.62. The molecule has 1 unspecified atom stereocenters. The number of aryl methyl sites for hydroxylation is 1. The highest BCUT2D eigenvalue weighted by Crippen LogP contribution is 2.24. The molecule has 2 aliphatic rings. The number of likely N-dealkylation sites (tertiary alicyclic amines) is 1. The second kappa shape index (κ2) is 10.3. The minimum atomic E-state index is 0. The van der Waals surface area contributed by atoms with Crippen molar-refractivity contribution in [1.82, 2.24) is 24.7 Å². The standard InChI is InChI=1S/C21H27N5O2.2ClH/c1-15-12-18(16(2)26(15)19-7-3-4-8-23-19)21(28)24-10-5-6-17(14-24)25-11-9-22-13-20(25)27;;/h3-4,7-8,12,17,22H,5-6,9-11,13-14H2,1-2H3;2*1H. The highest BCUT2D eigenvalue weighted by atomic mass is 35.5. The molecule has 2 amide bonds. The lowest BCUT2D eigenvalue weighted by atomic mass is 10.0. The summed E-state index contributed by atoms with van der Waals surface area (Å²) in [7, 11) is 0. The van der Waals surface area contributed by atoms with Crippen LogP contribution >= 0.6 is 24.8 Å². The van der Waals surface area contributed by atoms with E-state index in [0.717, 1.165) is 55.2 Å². The van der Waals surface area contributed by atoms with E-state index in [9.17, 15) is 9.59 Å². The topological polar surface area (TPSA) is 70.5 Å². The minimum absolute atomic E-state index is 0. The van der Waals surface area contributed by atoms with Gasteiger partial charge in [-0.05, 0) is 44.9 Å². The average molecular weight is 454 g/mol. The summed E-state index contributed by atoms with van der Waals surface area (Å²) in [6, 6.07) is 7.84. The van der Waals surface area contributed by atoms with Gasteiger partial charge in [0.1, 0.15) is 5.82 Å². The third-order valence-corrected chi connectivity index (χ3v) is 5.79. The lowest BCUT2D eigenvalue weighted by Gasteiger charge is -2.41. The molecule has 2 aliphatic heterocycles. The van der Waals surface area contributed by atoms with Gasteiger partial charge in [0.25, 0.3) is 5.91 Å². The van der Waals surface area contributed by atoms with Gasteiger partial charge < -0.3 is 19.7 Å². The third kappa shape index (κ3) is 4.63. The summed E-state index contributed by atoms with van der Waals surface area (Å²) >= 11 is 0. The molecule has 1 atom stereocenters. The van der Waals surface area contributed by atoms with E-state index < -0.39 is 0 Å². The Balaban J connectivity index is 0.00000160. The maximum Gasteiger partial charge on any atom is 0.255 e. The summed E-state index contributed by atoms with van der Waals surface area (Å²) in [5.74, 6) is 1.00. The first-order valence-corrected chi connectivity index (χ1v) is 9.96. The first-order valence-electron chi connectivity index (χ1n) is 9.96. The molecule has 0 spiro atoms. The lowest BCUT2D eigenvalue weighted by Crippen LogP contribution is -2.57. The Morgan fingerprint density at radius 3 is 2.70 bits per heavy atom. The van der Waals surface area contributed by atoms with Gasteiger partial charge in [-0.15, -0.1) is 24.8 Å². The van der Waals surface area contributed by atoms with Gasteiger partial charge in [0.2, 0.25) is 5.91 Å². The number of carbonyl (C=O) groups excluding carboxylic acids is 2. The fraction of sp³-hybridized carbons (Fsp3) is 0.476. The number of hydrogen-bond acceptors (Lipinski definition) is 4. The van der Waals surface area contributed by atoms with Crippen molar-refractivity contribution in [2.45, 2.75) is 32.7 Å². The second-order valence-electron chi connectivity index (χ2n) is 7.62. The van der Waals surface area contributed by atoms with Crippen LogP contribution in [0.1, 0.15) is 34.6 Å². The number of pyridine rings is 1. The van der Waals surface area contributed by atoms with Crippen molar-refractivity contribution in [3.63, 3.8) is 0 Å². The molecular weight excluding hydrogens is 425 g/mol. The van der Waals surface area contributed by atoms with E-state index >= 15 is 0 Å². The molecule has 1 N–H and O–H groups in total. The molecule has 4 heterocycles. The summed E-state index contributed by atoms with van der Waals surface area (Å²) in [5, 5.41) is 3.11. The molecule has 0 aliphatic carbocycles. The van der Waals surface area contributed by atoms with Crippen molar-refractivity contribution in [3.8, 4) is 5.82 Å². The van der Waals surface area contributed by atoms with Crippen molar-refractivity contribution >= 4 is 36.6 Å². The van der Waals surface area contributed by atoms with Crippen LogP contribution in [0.3, 0.4) is 0 Å². The van der Waals surface area contributed by atoms with Gasteiger partial charge in [-0.2, -0.15) is 0 Å². The van der Waals surface area contributed by atoms with E-state index in [1.165, 1.54) is 0 Å². The summed E-state index contributed by atoms with van der Waals surface area (Å²) < 4.78 is 2.02. The van der Waals surface area contributed by atoms with Gasteiger partial charge in [0.15, 0.2) is 0 Å². The molecule has 0 aromatic carbocycles. The van der Waals surface area contributed by atoms with Gasteiger partial charge in [0.05, 0.1) is 12.1 Å². The number of halogens is 2. The van der Waals surface area contributed by atoms with E-state index in [1.54, 1.807) is 6.20 Å². The molecule has 0 radical (unpaired) electrons. The maximum absolute atomic E-state index is 13.3. The number of aromatic nitrogens is 2. The van der Waals surface area contributed by atoms with Crippen LogP contribution in [-0.4, -0.2) is 69.9 Å². The van der Waals surface area contributed by atoms with Crippen LogP contribution in [0.15, 0.2) is 30.5 Å². The van der Waals surface area contributed by atoms with Crippen LogP contribution in [-0.2, 0) is 4.79 Å². The van der Waals surface area contributed by atoms with E-state index in [-0.39, 0.29) is 42.7 Å². The number of piperidine rings is 1. The number of nitrogens with one attached hydrogen (secondary N) is 1. The van der Waals surface area contributed by atoms with E-state index in [1.807, 2.05) is 52.5 Å². The molecule has 164 valence electrons. The summed E-state index contributed by atoms with van der Waals surface area (Å²) in [6.07, 6.45) is 3.64. The predicted octanol–water partition coefficient (Wildman–Crippen LogP) is 2.37. The number of amides is 2. The Hall–Kier alpha value is -2.09. The summed E-state index contributed by atoms with van der Waals surface area (Å²) in [5.41, 5.74) is 2.61. The summed E-state index contributed by atoms with van der Waals surface area (Å²) in [4.78, 5) is 33.8. The van der Waals surface area contributed by atoms with E-state index in [0.29, 0.717) is 13.1 Å². The van der Waals surface area contributed by atoms with Gasteiger partial charge in [-0.25, -0.2) is 4.98 Å². The number of hydrogen-bond donors (Lipinski definition) is 1. The molecule has 2 aromatic rings.